The predicted molar refractivity (Wildman–Crippen MR) is 76.6 cm³/mol. The molecule has 0 amide bonds. The molecule has 0 bridgehead atoms. The van der Waals surface area contributed by atoms with Gasteiger partial charge < -0.3 is 5.11 Å². The molecular formula is C17H14NO2+. The Morgan fingerprint density at radius 2 is 1.65 bits per heavy atom. The number of hydrogen-bond donors (Lipinski definition) is 1. The first-order chi connectivity index (χ1) is 9.74. The molecule has 1 aromatic heterocycles. The number of aromatic nitrogens is 1. The van der Waals surface area contributed by atoms with Gasteiger partial charge in [0.05, 0.1) is 5.56 Å². The summed E-state index contributed by atoms with van der Waals surface area (Å²) in [4.78, 5) is 10.8. The molecule has 1 heterocycles. The van der Waals surface area contributed by atoms with E-state index in [1.165, 1.54) is 16.3 Å². The second kappa shape index (κ2) is 5.13. The van der Waals surface area contributed by atoms with Crippen molar-refractivity contribution in [2.24, 2.45) is 0 Å². The van der Waals surface area contributed by atoms with E-state index in [2.05, 4.69) is 24.3 Å². The van der Waals surface area contributed by atoms with Crippen LogP contribution in [0.5, 0.6) is 0 Å². The Labute approximate surface area is 116 Å². The third kappa shape index (κ3) is 2.38. The molecule has 0 spiro atoms. The minimum Gasteiger partial charge on any atom is -0.478 e. The largest absolute Gasteiger partial charge is 0.478 e. The van der Waals surface area contributed by atoms with Crippen LogP contribution >= 0.6 is 0 Å². The fraction of sp³-hybridized carbons (Fsp3) is 0.0588. The van der Waals surface area contributed by atoms with Crippen LogP contribution in [0.3, 0.4) is 0 Å². The molecule has 0 unspecified atom stereocenters. The summed E-state index contributed by atoms with van der Waals surface area (Å²) in [6.07, 6.45) is 3.59. The zero-order chi connectivity index (χ0) is 13.9. The number of hydrogen-bond acceptors (Lipinski definition) is 1. The molecule has 0 aliphatic rings. The highest BCUT2D eigenvalue weighted by Gasteiger charge is 2.08. The number of carbonyl (C=O) groups is 1. The molecule has 1 N–H and O–H groups in total. The summed E-state index contributed by atoms with van der Waals surface area (Å²) in [5.74, 6) is -0.901. The van der Waals surface area contributed by atoms with Crippen LogP contribution in [-0.4, -0.2) is 11.1 Å². The summed E-state index contributed by atoms with van der Waals surface area (Å²) in [5.41, 5.74) is 1.52. The molecule has 20 heavy (non-hydrogen) atoms. The van der Waals surface area contributed by atoms with Crippen molar-refractivity contribution in [1.29, 1.82) is 0 Å². The zero-order valence-corrected chi connectivity index (χ0v) is 10.9. The van der Waals surface area contributed by atoms with Gasteiger partial charge in [0.15, 0.2) is 18.9 Å². The Bertz CT molecular complexity index is 758. The van der Waals surface area contributed by atoms with Crippen molar-refractivity contribution in [3.05, 3.63) is 78.1 Å². The third-order valence-corrected chi connectivity index (χ3v) is 3.37. The highest BCUT2D eigenvalue weighted by atomic mass is 16.4. The highest BCUT2D eigenvalue weighted by molar-refractivity contribution is 5.87. The summed E-state index contributed by atoms with van der Waals surface area (Å²) in [7, 11) is 0. The van der Waals surface area contributed by atoms with Gasteiger partial charge in [-0.3, -0.25) is 0 Å². The number of pyridine rings is 1. The maximum absolute atomic E-state index is 10.8. The van der Waals surface area contributed by atoms with E-state index in [1.54, 1.807) is 24.5 Å². The number of benzene rings is 2. The second-order valence-corrected chi connectivity index (χ2v) is 4.70. The van der Waals surface area contributed by atoms with Crippen molar-refractivity contribution < 1.29 is 14.5 Å². The fourth-order valence-corrected chi connectivity index (χ4v) is 2.33. The van der Waals surface area contributed by atoms with Gasteiger partial charge >= 0.3 is 5.97 Å². The maximum Gasteiger partial charge on any atom is 0.336 e. The predicted octanol–water partition coefficient (Wildman–Crippen LogP) is 2.87. The van der Waals surface area contributed by atoms with Crippen molar-refractivity contribution in [2.75, 3.05) is 0 Å². The van der Waals surface area contributed by atoms with E-state index in [0.29, 0.717) is 5.56 Å². The van der Waals surface area contributed by atoms with Crippen LogP contribution in [0, 0.1) is 0 Å². The molecule has 0 saturated carbocycles. The molecule has 0 saturated heterocycles. The molecule has 0 atom stereocenters. The standard InChI is InChI=1S/C17H13NO2/c19-17(20)14-8-10-18(11-9-14)12-15-6-3-5-13-4-1-2-7-16(13)15/h1-11H,12H2/p+1. The van der Waals surface area contributed by atoms with Crippen molar-refractivity contribution in [2.45, 2.75) is 6.54 Å². The summed E-state index contributed by atoms with van der Waals surface area (Å²) in [5, 5.41) is 11.3. The van der Waals surface area contributed by atoms with E-state index >= 15 is 0 Å². The summed E-state index contributed by atoms with van der Waals surface area (Å²) < 4.78 is 1.98. The van der Waals surface area contributed by atoms with Gasteiger partial charge in [0.25, 0.3) is 0 Å². The maximum atomic E-state index is 10.8. The van der Waals surface area contributed by atoms with Crippen molar-refractivity contribution in [3.63, 3.8) is 0 Å². The lowest BCUT2D eigenvalue weighted by Gasteiger charge is -2.03. The number of carboxylic acid groups (broad SMARTS) is 1. The summed E-state index contributed by atoms with van der Waals surface area (Å²) in [6, 6.07) is 17.7. The number of rotatable bonds is 3. The van der Waals surface area contributed by atoms with Crippen LogP contribution in [0.2, 0.25) is 0 Å². The summed E-state index contributed by atoms with van der Waals surface area (Å²) >= 11 is 0. The van der Waals surface area contributed by atoms with E-state index in [-0.39, 0.29) is 0 Å². The first kappa shape index (κ1) is 12.4. The van der Waals surface area contributed by atoms with Crippen LogP contribution < -0.4 is 4.57 Å². The topological polar surface area (TPSA) is 41.2 Å². The molecule has 0 aliphatic carbocycles. The first-order valence-corrected chi connectivity index (χ1v) is 6.43. The minimum atomic E-state index is -0.901. The number of fused-ring (bicyclic) bond motifs is 1. The fourth-order valence-electron chi connectivity index (χ4n) is 2.33. The quantitative estimate of drug-likeness (QED) is 0.739. The minimum absolute atomic E-state index is 0.305. The van der Waals surface area contributed by atoms with Crippen LogP contribution in [0.4, 0.5) is 0 Å². The smallest absolute Gasteiger partial charge is 0.336 e. The van der Waals surface area contributed by atoms with Crippen molar-refractivity contribution in [1.82, 2.24) is 0 Å². The average Bonchev–Trinajstić information content (AvgIpc) is 2.48. The Morgan fingerprint density at radius 1 is 0.950 bits per heavy atom. The number of carboxylic acids is 1. The molecule has 2 aromatic carbocycles. The van der Waals surface area contributed by atoms with E-state index in [1.807, 2.05) is 22.8 Å². The van der Waals surface area contributed by atoms with Gasteiger partial charge in [-0.1, -0.05) is 42.5 Å². The van der Waals surface area contributed by atoms with Crippen LogP contribution in [0.25, 0.3) is 10.8 Å². The third-order valence-electron chi connectivity index (χ3n) is 3.37. The molecule has 3 rings (SSSR count). The lowest BCUT2D eigenvalue weighted by molar-refractivity contribution is -0.688. The van der Waals surface area contributed by atoms with Gasteiger partial charge in [-0.15, -0.1) is 0 Å². The van der Waals surface area contributed by atoms with Crippen LogP contribution in [0.1, 0.15) is 15.9 Å². The van der Waals surface area contributed by atoms with Gasteiger partial charge in [-0.2, -0.15) is 0 Å². The monoisotopic (exact) mass is 264 g/mol. The molecule has 3 aromatic rings. The molecule has 3 nitrogen and oxygen atoms in total. The molecule has 0 aliphatic heterocycles. The Balaban J connectivity index is 1.95. The Hall–Kier alpha value is -2.68. The normalized spacial score (nSPS) is 10.6. The molecule has 3 heteroatoms. The summed E-state index contributed by atoms with van der Waals surface area (Å²) in [6.45, 7) is 0.723. The second-order valence-electron chi connectivity index (χ2n) is 4.70. The van der Waals surface area contributed by atoms with Crippen LogP contribution in [0.15, 0.2) is 67.0 Å². The number of nitrogens with zero attached hydrogens (tertiary/aromatic N) is 1. The van der Waals surface area contributed by atoms with Gasteiger partial charge in [0.1, 0.15) is 0 Å². The van der Waals surface area contributed by atoms with Gasteiger partial charge in [0, 0.05) is 17.7 Å². The van der Waals surface area contributed by atoms with Crippen molar-refractivity contribution in [3.8, 4) is 0 Å². The molecular weight excluding hydrogens is 250 g/mol. The lowest BCUT2D eigenvalue weighted by Crippen LogP contribution is -2.33. The zero-order valence-electron chi connectivity index (χ0n) is 10.9. The lowest BCUT2D eigenvalue weighted by atomic mass is 10.0. The highest BCUT2D eigenvalue weighted by Crippen LogP contribution is 2.18. The Morgan fingerprint density at radius 3 is 2.40 bits per heavy atom. The van der Waals surface area contributed by atoms with Crippen LogP contribution in [-0.2, 0) is 6.54 Å². The van der Waals surface area contributed by atoms with Crippen molar-refractivity contribution >= 4 is 16.7 Å². The average molecular weight is 264 g/mol. The van der Waals surface area contributed by atoms with E-state index in [4.69, 9.17) is 5.11 Å². The van der Waals surface area contributed by atoms with Gasteiger partial charge in [-0.05, 0) is 10.8 Å². The Kier molecular flexibility index (Phi) is 3.17. The molecule has 0 radical (unpaired) electrons. The number of aromatic carboxylic acids is 1. The van der Waals surface area contributed by atoms with E-state index in [0.717, 1.165) is 6.54 Å². The van der Waals surface area contributed by atoms with Gasteiger partial charge in [-0.25, -0.2) is 9.36 Å². The first-order valence-electron chi connectivity index (χ1n) is 6.43. The van der Waals surface area contributed by atoms with E-state index in [9.17, 15) is 4.79 Å². The molecule has 0 fully saturated rings. The SMILES string of the molecule is O=C(O)c1cc[n+](Cc2cccc3ccccc23)cc1. The molecule has 98 valence electrons. The van der Waals surface area contributed by atoms with Gasteiger partial charge in [0.2, 0.25) is 0 Å². The van der Waals surface area contributed by atoms with E-state index < -0.39 is 5.97 Å².